The van der Waals surface area contributed by atoms with Crippen molar-refractivity contribution in [3.63, 3.8) is 0 Å². The zero-order chi connectivity index (χ0) is 16.0. The molecule has 0 spiro atoms. The molecule has 1 unspecified atom stereocenters. The number of H-pyrrole nitrogens is 1. The molecule has 0 fully saturated rings. The van der Waals surface area contributed by atoms with Gasteiger partial charge in [-0.3, -0.25) is 20.0 Å². The van der Waals surface area contributed by atoms with Gasteiger partial charge in [-0.1, -0.05) is 18.2 Å². The highest BCUT2D eigenvalue weighted by Crippen LogP contribution is 2.40. The number of aromatic amines is 1. The van der Waals surface area contributed by atoms with Gasteiger partial charge in [-0.15, -0.1) is 11.3 Å². The van der Waals surface area contributed by atoms with Crippen molar-refractivity contribution in [2.75, 3.05) is 0 Å². The van der Waals surface area contributed by atoms with Gasteiger partial charge in [-0.2, -0.15) is 5.10 Å². The number of nitrogens with zero attached hydrogens (tertiary/aromatic N) is 2. The highest BCUT2D eigenvalue weighted by atomic mass is 32.1. The first-order valence-electron chi connectivity index (χ1n) is 6.83. The molecule has 3 heterocycles. The molecule has 7 nitrogen and oxygen atoms in total. The van der Waals surface area contributed by atoms with Crippen molar-refractivity contribution in [2.24, 2.45) is 0 Å². The number of fused-ring (bicyclic) bond motifs is 1. The van der Waals surface area contributed by atoms with Crippen LogP contribution < -0.4 is 5.32 Å². The SMILES string of the molecule is O=C1NC(c2ccccc2[N+](=O)[O-])c2c1n[nH]c2-c1cccs1. The molecule has 1 aliphatic rings. The lowest BCUT2D eigenvalue weighted by molar-refractivity contribution is -0.385. The summed E-state index contributed by atoms with van der Waals surface area (Å²) in [6.45, 7) is 0. The number of nitro groups is 1. The molecule has 1 atom stereocenters. The summed E-state index contributed by atoms with van der Waals surface area (Å²) in [5.41, 5.74) is 2.09. The summed E-state index contributed by atoms with van der Waals surface area (Å²) < 4.78 is 0. The van der Waals surface area contributed by atoms with E-state index in [2.05, 4.69) is 15.5 Å². The van der Waals surface area contributed by atoms with Gasteiger partial charge in [0.2, 0.25) is 0 Å². The summed E-state index contributed by atoms with van der Waals surface area (Å²) in [6, 6.07) is 9.64. The predicted molar refractivity (Wildman–Crippen MR) is 84.3 cm³/mol. The highest BCUT2D eigenvalue weighted by molar-refractivity contribution is 7.13. The van der Waals surface area contributed by atoms with Crippen molar-refractivity contribution in [3.05, 3.63) is 68.7 Å². The van der Waals surface area contributed by atoms with E-state index in [9.17, 15) is 14.9 Å². The Hall–Kier alpha value is -3.00. The molecule has 8 heteroatoms. The first-order chi connectivity index (χ1) is 11.2. The van der Waals surface area contributed by atoms with Gasteiger partial charge in [-0.25, -0.2) is 0 Å². The second-order valence-electron chi connectivity index (χ2n) is 5.06. The maximum absolute atomic E-state index is 12.2. The van der Waals surface area contributed by atoms with Gasteiger partial charge in [-0.05, 0) is 17.5 Å². The number of hydrogen-bond acceptors (Lipinski definition) is 5. The van der Waals surface area contributed by atoms with Crippen LogP contribution in [0.1, 0.15) is 27.7 Å². The van der Waals surface area contributed by atoms with Crippen molar-refractivity contribution >= 4 is 22.9 Å². The van der Waals surface area contributed by atoms with Crippen LogP contribution in [0.25, 0.3) is 10.6 Å². The smallest absolute Gasteiger partial charge is 0.275 e. The van der Waals surface area contributed by atoms with Crippen LogP contribution in [-0.2, 0) is 0 Å². The van der Waals surface area contributed by atoms with Gasteiger partial charge in [0.15, 0.2) is 5.69 Å². The first-order valence-corrected chi connectivity index (χ1v) is 7.71. The van der Waals surface area contributed by atoms with Crippen LogP contribution >= 0.6 is 11.3 Å². The molecule has 1 aromatic carbocycles. The second-order valence-corrected chi connectivity index (χ2v) is 6.01. The third kappa shape index (κ3) is 2.03. The minimum Gasteiger partial charge on any atom is -0.339 e. The molecule has 2 N–H and O–H groups in total. The van der Waals surface area contributed by atoms with Crippen LogP contribution in [0.4, 0.5) is 5.69 Å². The van der Waals surface area contributed by atoms with Crippen LogP contribution in [0.3, 0.4) is 0 Å². The zero-order valence-electron chi connectivity index (χ0n) is 11.6. The summed E-state index contributed by atoms with van der Waals surface area (Å²) in [6.07, 6.45) is 0. The van der Waals surface area contributed by atoms with Gasteiger partial charge in [0.05, 0.1) is 27.1 Å². The number of aromatic nitrogens is 2. The molecule has 0 radical (unpaired) electrons. The molecule has 23 heavy (non-hydrogen) atoms. The maximum atomic E-state index is 12.2. The first kappa shape index (κ1) is 13.6. The Kier molecular flexibility index (Phi) is 2.98. The number of carbonyl (C=O) groups is 1. The number of nitrogens with one attached hydrogen (secondary N) is 2. The number of rotatable bonds is 3. The van der Waals surface area contributed by atoms with E-state index in [1.165, 1.54) is 17.4 Å². The predicted octanol–water partition coefficient (Wildman–Crippen LogP) is 2.88. The molecule has 114 valence electrons. The average Bonchev–Trinajstić information content (AvgIpc) is 3.25. The topological polar surface area (TPSA) is 101 Å². The number of para-hydroxylation sites is 1. The third-order valence-electron chi connectivity index (χ3n) is 3.80. The van der Waals surface area contributed by atoms with Crippen molar-refractivity contribution < 1.29 is 9.72 Å². The number of benzene rings is 1. The highest BCUT2D eigenvalue weighted by Gasteiger charge is 2.38. The lowest BCUT2D eigenvalue weighted by Gasteiger charge is -2.13. The van der Waals surface area contributed by atoms with Crippen LogP contribution in [-0.4, -0.2) is 21.0 Å². The Labute approximate surface area is 134 Å². The molecule has 3 aromatic rings. The summed E-state index contributed by atoms with van der Waals surface area (Å²) in [5.74, 6) is -0.331. The van der Waals surface area contributed by atoms with Crippen LogP contribution in [0.2, 0.25) is 0 Å². The van der Waals surface area contributed by atoms with Crippen molar-refractivity contribution in [3.8, 4) is 10.6 Å². The fraction of sp³-hybridized carbons (Fsp3) is 0.0667. The van der Waals surface area contributed by atoms with Crippen molar-refractivity contribution in [1.29, 1.82) is 0 Å². The normalized spacial score (nSPS) is 16.2. The van der Waals surface area contributed by atoms with E-state index in [0.717, 1.165) is 10.6 Å². The van der Waals surface area contributed by atoms with Gasteiger partial charge in [0.25, 0.3) is 11.6 Å². The molecule has 4 rings (SSSR count). The molecule has 0 aliphatic carbocycles. The second kappa shape index (κ2) is 5.03. The fourth-order valence-electron chi connectivity index (χ4n) is 2.82. The van der Waals surface area contributed by atoms with E-state index in [4.69, 9.17) is 0 Å². The maximum Gasteiger partial charge on any atom is 0.275 e. The quantitative estimate of drug-likeness (QED) is 0.571. The Morgan fingerprint density at radius 1 is 1.22 bits per heavy atom. The Bertz CT molecular complexity index is 917. The standard InChI is InChI=1S/C15H10N4O3S/c20-15-14-11(13(17-18-14)10-6-3-7-23-10)12(16-15)8-4-1-2-5-9(8)19(21)22/h1-7,12H,(H,16,20)(H,17,18). The van der Waals surface area contributed by atoms with E-state index >= 15 is 0 Å². The summed E-state index contributed by atoms with van der Waals surface area (Å²) in [5, 5.41) is 23.0. The lowest BCUT2D eigenvalue weighted by atomic mass is 9.98. The molecule has 1 amide bonds. The van der Waals surface area contributed by atoms with Crippen molar-refractivity contribution in [2.45, 2.75) is 6.04 Å². The third-order valence-corrected chi connectivity index (χ3v) is 4.68. The zero-order valence-corrected chi connectivity index (χ0v) is 12.5. The fourth-order valence-corrected chi connectivity index (χ4v) is 3.55. The van der Waals surface area contributed by atoms with Crippen molar-refractivity contribution in [1.82, 2.24) is 15.5 Å². The largest absolute Gasteiger partial charge is 0.339 e. The van der Waals surface area contributed by atoms with Gasteiger partial charge in [0, 0.05) is 11.6 Å². The van der Waals surface area contributed by atoms with E-state index in [0.29, 0.717) is 11.1 Å². The Balaban J connectivity index is 1.91. The van der Waals surface area contributed by atoms with E-state index in [1.54, 1.807) is 18.2 Å². The molecule has 1 aliphatic heterocycles. The number of nitro benzene ring substituents is 1. The number of carbonyl (C=O) groups excluding carboxylic acids is 1. The van der Waals surface area contributed by atoms with E-state index in [1.807, 2.05) is 17.5 Å². The molecular weight excluding hydrogens is 316 g/mol. The molecule has 0 saturated carbocycles. The summed E-state index contributed by atoms with van der Waals surface area (Å²) in [4.78, 5) is 23.9. The molecular formula is C15H10N4O3S. The lowest BCUT2D eigenvalue weighted by Crippen LogP contribution is -2.21. The minimum absolute atomic E-state index is 0.0241. The van der Waals surface area contributed by atoms with Gasteiger partial charge in [0.1, 0.15) is 0 Å². The van der Waals surface area contributed by atoms with Crippen LogP contribution in [0, 0.1) is 10.1 Å². The minimum atomic E-state index is -0.588. The van der Waals surface area contributed by atoms with Crippen LogP contribution in [0.15, 0.2) is 41.8 Å². The number of hydrogen-bond donors (Lipinski definition) is 2. The molecule has 0 bridgehead atoms. The average molecular weight is 326 g/mol. The molecule has 2 aromatic heterocycles. The Morgan fingerprint density at radius 2 is 2.04 bits per heavy atom. The van der Waals surface area contributed by atoms with E-state index < -0.39 is 11.0 Å². The van der Waals surface area contributed by atoms with Gasteiger partial charge >= 0.3 is 0 Å². The monoisotopic (exact) mass is 326 g/mol. The van der Waals surface area contributed by atoms with Crippen LogP contribution in [0.5, 0.6) is 0 Å². The Morgan fingerprint density at radius 3 is 2.78 bits per heavy atom. The van der Waals surface area contributed by atoms with E-state index in [-0.39, 0.29) is 17.3 Å². The number of thiophene rings is 1. The number of amides is 1. The summed E-state index contributed by atoms with van der Waals surface area (Å²) in [7, 11) is 0. The molecule has 0 saturated heterocycles. The summed E-state index contributed by atoms with van der Waals surface area (Å²) >= 11 is 1.51. The van der Waals surface area contributed by atoms with Gasteiger partial charge < -0.3 is 5.32 Å².